The van der Waals surface area contributed by atoms with Gasteiger partial charge in [0.15, 0.2) is 5.78 Å². The van der Waals surface area contributed by atoms with E-state index < -0.39 is 0 Å². The van der Waals surface area contributed by atoms with Crippen LogP contribution in [0.3, 0.4) is 0 Å². The molecular weight excluding hydrogens is 296 g/mol. The van der Waals surface area contributed by atoms with E-state index in [9.17, 15) is 9.59 Å². The van der Waals surface area contributed by atoms with Crippen LogP contribution in [-0.4, -0.2) is 118 Å². The predicted molar refractivity (Wildman–Crippen MR) is 90.6 cm³/mol. The van der Waals surface area contributed by atoms with E-state index in [2.05, 4.69) is 35.8 Å². The van der Waals surface area contributed by atoms with Gasteiger partial charge in [-0.3, -0.25) is 9.59 Å². The molecule has 134 valence electrons. The third-order valence-electron chi connectivity index (χ3n) is 4.11. The van der Waals surface area contributed by atoms with Gasteiger partial charge in [0.1, 0.15) is 13.2 Å². The maximum Gasteiger partial charge on any atom is 0.248 e. The lowest BCUT2D eigenvalue weighted by atomic mass is 10.3. The average molecular weight is 328 g/mol. The molecule has 0 atom stereocenters. The molecule has 0 aromatic heterocycles. The van der Waals surface area contributed by atoms with E-state index in [1.54, 1.807) is 0 Å². The average Bonchev–Trinajstić information content (AvgIpc) is 2.49. The molecule has 0 saturated carbocycles. The Bertz CT molecular complexity index is 360. The minimum Gasteiger partial charge on any atom is -0.364 e. The quantitative estimate of drug-likeness (QED) is 0.675. The summed E-state index contributed by atoms with van der Waals surface area (Å²) >= 11 is 0. The second kappa shape index (κ2) is 10.7. The second-order valence-electron chi connectivity index (χ2n) is 6.49. The third kappa shape index (κ3) is 9.00. The molecule has 7 heteroatoms. The molecule has 1 aliphatic heterocycles. The van der Waals surface area contributed by atoms with Gasteiger partial charge in [0.25, 0.3) is 0 Å². The van der Waals surface area contributed by atoms with Crippen LogP contribution in [-0.2, 0) is 14.3 Å². The highest BCUT2D eigenvalue weighted by molar-refractivity contribution is 5.79. The Morgan fingerprint density at radius 2 is 1.13 bits per heavy atom. The van der Waals surface area contributed by atoms with Crippen molar-refractivity contribution in [2.24, 2.45) is 0 Å². The highest BCUT2D eigenvalue weighted by atomic mass is 16.5. The van der Waals surface area contributed by atoms with Crippen LogP contribution in [0.1, 0.15) is 6.92 Å². The van der Waals surface area contributed by atoms with E-state index in [0.29, 0.717) is 13.1 Å². The summed E-state index contributed by atoms with van der Waals surface area (Å²) in [4.78, 5) is 31.9. The molecule has 0 aliphatic carbocycles. The number of amides is 1. The van der Waals surface area contributed by atoms with Crippen molar-refractivity contribution in [1.29, 1.82) is 0 Å². The smallest absolute Gasteiger partial charge is 0.248 e. The number of likely N-dealkylation sites (N-methyl/N-ethyl adjacent to an activating group) is 3. The van der Waals surface area contributed by atoms with E-state index in [-0.39, 0.29) is 24.9 Å². The number of carbonyl (C=O) groups excluding carboxylic acids is 2. The molecule has 1 aliphatic rings. The molecule has 0 aromatic rings. The van der Waals surface area contributed by atoms with Crippen LogP contribution < -0.4 is 0 Å². The standard InChI is InChI=1S/C16H32N4O3/c1-15(21)13-23-14-16(22)20-11-9-18(3)7-5-17(2)6-8-19(4)10-12-20/h5-14H2,1-4H3. The summed E-state index contributed by atoms with van der Waals surface area (Å²) in [5.41, 5.74) is 0. The van der Waals surface area contributed by atoms with Gasteiger partial charge in [0.05, 0.1) is 0 Å². The molecule has 0 radical (unpaired) electrons. The van der Waals surface area contributed by atoms with Crippen LogP contribution in [0, 0.1) is 0 Å². The fraction of sp³-hybridized carbons (Fsp3) is 0.875. The maximum absolute atomic E-state index is 12.3. The summed E-state index contributed by atoms with van der Waals surface area (Å²) in [7, 11) is 6.32. The first-order valence-electron chi connectivity index (χ1n) is 8.29. The lowest BCUT2D eigenvalue weighted by molar-refractivity contribution is -0.138. The Morgan fingerprint density at radius 3 is 1.52 bits per heavy atom. The molecule has 0 bridgehead atoms. The third-order valence-corrected chi connectivity index (χ3v) is 4.11. The van der Waals surface area contributed by atoms with Crippen molar-refractivity contribution in [2.45, 2.75) is 6.92 Å². The summed E-state index contributed by atoms with van der Waals surface area (Å²) in [5, 5.41) is 0. The molecule has 0 N–H and O–H groups in total. The van der Waals surface area contributed by atoms with Crippen molar-refractivity contribution < 1.29 is 14.3 Å². The van der Waals surface area contributed by atoms with Gasteiger partial charge in [-0.15, -0.1) is 0 Å². The molecule has 0 spiro atoms. The Kier molecular flexibility index (Phi) is 9.31. The van der Waals surface area contributed by atoms with Crippen molar-refractivity contribution in [2.75, 3.05) is 86.7 Å². The largest absolute Gasteiger partial charge is 0.364 e. The summed E-state index contributed by atoms with van der Waals surface area (Å²) in [6.45, 7) is 8.55. The van der Waals surface area contributed by atoms with E-state index in [4.69, 9.17) is 4.74 Å². The first-order chi connectivity index (χ1) is 10.9. The molecule has 23 heavy (non-hydrogen) atoms. The zero-order valence-corrected chi connectivity index (χ0v) is 15.1. The molecule has 1 rings (SSSR count). The van der Waals surface area contributed by atoms with Crippen molar-refractivity contribution in [3.05, 3.63) is 0 Å². The summed E-state index contributed by atoms with van der Waals surface area (Å²) < 4.78 is 5.18. The molecule has 7 nitrogen and oxygen atoms in total. The van der Waals surface area contributed by atoms with E-state index in [1.807, 2.05) is 4.90 Å². The molecule has 1 fully saturated rings. The summed E-state index contributed by atoms with van der Waals surface area (Å²) in [6, 6.07) is 0. The SMILES string of the molecule is CC(=O)COCC(=O)N1CCN(C)CCN(C)CCN(C)CC1. The topological polar surface area (TPSA) is 56.3 Å². The van der Waals surface area contributed by atoms with Crippen LogP contribution in [0.15, 0.2) is 0 Å². The molecular formula is C16H32N4O3. The number of Topliss-reactive ketones (excluding diaryl/α,β-unsaturated/α-hetero) is 1. The fourth-order valence-corrected chi connectivity index (χ4v) is 2.34. The lowest BCUT2D eigenvalue weighted by Crippen LogP contribution is -2.46. The number of carbonyl (C=O) groups is 2. The molecule has 1 saturated heterocycles. The number of hydrogen-bond donors (Lipinski definition) is 0. The number of rotatable bonds is 4. The van der Waals surface area contributed by atoms with Gasteiger partial charge in [0, 0.05) is 52.4 Å². The molecule has 0 unspecified atom stereocenters. The van der Waals surface area contributed by atoms with Crippen LogP contribution >= 0.6 is 0 Å². The fourth-order valence-electron chi connectivity index (χ4n) is 2.34. The van der Waals surface area contributed by atoms with Crippen molar-refractivity contribution >= 4 is 11.7 Å². The Labute approximate surface area is 140 Å². The Hall–Kier alpha value is -1.02. The number of hydrogen-bond acceptors (Lipinski definition) is 6. The zero-order valence-electron chi connectivity index (χ0n) is 15.1. The highest BCUT2D eigenvalue weighted by Gasteiger charge is 2.16. The number of ether oxygens (including phenoxy) is 1. The summed E-state index contributed by atoms with van der Waals surface area (Å²) in [6.07, 6.45) is 0. The number of nitrogens with zero attached hydrogens (tertiary/aromatic N) is 4. The van der Waals surface area contributed by atoms with Gasteiger partial charge in [0.2, 0.25) is 5.91 Å². The molecule has 1 heterocycles. The van der Waals surface area contributed by atoms with E-state index in [1.165, 1.54) is 6.92 Å². The predicted octanol–water partition coefficient (Wildman–Crippen LogP) is -0.770. The van der Waals surface area contributed by atoms with Crippen molar-refractivity contribution in [3.8, 4) is 0 Å². The molecule has 1 amide bonds. The van der Waals surface area contributed by atoms with Gasteiger partial charge in [-0.1, -0.05) is 0 Å². The van der Waals surface area contributed by atoms with Gasteiger partial charge in [-0.2, -0.15) is 0 Å². The maximum atomic E-state index is 12.3. The number of ketones is 1. The zero-order chi connectivity index (χ0) is 17.2. The van der Waals surface area contributed by atoms with Gasteiger partial charge in [-0.05, 0) is 28.1 Å². The van der Waals surface area contributed by atoms with Gasteiger partial charge in [-0.25, -0.2) is 0 Å². The van der Waals surface area contributed by atoms with Crippen LogP contribution in [0.5, 0.6) is 0 Å². The summed E-state index contributed by atoms with van der Waals surface area (Å²) in [5.74, 6) is -0.0997. The second-order valence-corrected chi connectivity index (χ2v) is 6.49. The van der Waals surface area contributed by atoms with Crippen molar-refractivity contribution in [3.63, 3.8) is 0 Å². The van der Waals surface area contributed by atoms with E-state index in [0.717, 1.165) is 39.3 Å². The van der Waals surface area contributed by atoms with Crippen LogP contribution in [0.4, 0.5) is 0 Å². The van der Waals surface area contributed by atoms with Gasteiger partial charge < -0.3 is 24.3 Å². The lowest BCUT2D eigenvalue weighted by Gasteiger charge is -2.30. The normalized spacial score (nSPS) is 20.8. The monoisotopic (exact) mass is 328 g/mol. The Balaban J connectivity index is 2.54. The minimum absolute atomic E-state index is 0.00567. The van der Waals surface area contributed by atoms with Crippen molar-refractivity contribution in [1.82, 2.24) is 19.6 Å². The first-order valence-corrected chi connectivity index (χ1v) is 8.29. The Morgan fingerprint density at radius 1 is 0.739 bits per heavy atom. The first kappa shape index (κ1) is 20.0. The van der Waals surface area contributed by atoms with Crippen LogP contribution in [0.2, 0.25) is 0 Å². The van der Waals surface area contributed by atoms with Gasteiger partial charge >= 0.3 is 0 Å². The van der Waals surface area contributed by atoms with Crippen LogP contribution in [0.25, 0.3) is 0 Å². The molecule has 0 aromatic carbocycles. The minimum atomic E-state index is -0.0601. The van der Waals surface area contributed by atoms with E-state index >= 15 is 0 Å². The highest BCUT2D eigenvalue weighted by Crippen LogP contribution is 1.98.